The van der Waals surface area contributed by atoms with Gasteiger partial charge in [-0.05, 0) is 49.5 Å². The molecule has 0 saturated heterocycles. The second-order valence-electron chi connectivity index (χ2n) is 8.42. The molecule has 30 heavy (non-hydrogen) atoms. The van der Waals surface area contributed by atoms with Crippen molar-refractivity contribution in [1.82, 2.24) is 9.21 Å². The van der Waals surface area contributed by atoms with Crippen molar-refractivity contribution in [2.24, 2.45) is 5.92 Å². The van der Waals surface area contributed by atoms with Gasteiger partial charge < -0.3 is 14.7 Å². The molecule has 0 radical (unpaired) electrons. The summed E-state index contributed by atoms with van der Waals surface area (Å²) in [4.78, 5) is 13.5. The van der Waals surface area contributed by atoms with E-state index < -0.39 is 16.1 Å². The number of likely N-dealkylation sites (N-methyl/N-ethyl adjacent to an activating group) is 1. The number of sulfonamides is 1. The van der Waals surface area contributed by atoms with Crippen molar-refractivity contribution >= 4 is 21.5 Å². The third kappa shape index (κ3) is 4.55. The third-order valence-corrected chi connectivity index (χ3v) is 8.09. The molecule has 0 spiro atoms. The quantitative estimate of drug-likeness (QED) is 0.766. The lowest BCUT2D eigenvalue weighted by Gasteiger charge is -2.37. The average Bonchev–Trinajstić information content (AvgIpc) is 3.24. The monoisotopic (exact) mass is 436 g/mol. The number of fused-ring (bicyclic) bond motifs is 1. The number of ether oxygens (including phenoxy) is 1. The summed E-state index contributed by atoms with van der Waals surface area (Å²) in [6.45, 7) is 5.39. The van der Waals surface area contributed by atoms with E-state index in [2.05, 4.69) is 6.08 Å². The topological polar surface area (TPSA) is 87.2 Å². The molecule has 0 unspecified atom stereocenters. The second-order valence-corrected chi connectivity index (χ2v) is 10.3. The predicted octanol–water partition coefficient (Wildman–Crippen LogP) is 2.50. The highest BCUT2D eigenvalue weighted by atomic mass is 32.2. The van der Waals surface area contributed by atoms with E-state index in [0.29, 0.717) is 12.3 Å². The number of rotatable bonds is 5. The third-order valence-electron chi connectivity index (χ3n) is 6.07. The number of amides is 1. The van der Waals surface area contributed by atoms with E-state index in [1.54, 1.807) is 24.9 Å². The summed E-state index contributed by atoms with van der Waals surface area (Å²) in [5, 5.41) is 9.69. The van der Waals surface area contributed by atoms with Crippen molar-refractivity contribution < 1.29 is 23.1 Å². The molecule has 1 aromatic carbocycles. The number of allylic oxidation sites excluding steroid dienone is 2. The minimum atomic E-state index is -3.85. The molecular weight excluding hydrogens is 404 g/mol. The van der Waals surface area contributed by atoms with Crippen LogP contribution in [0, 0.1) is 5.92 Å². The largest absolute Gasteiger partial charge is 0.487 e. The lowest BCUT2D eigenvalue weighted by atomic mass is 10.0. The van der Waals surface area contributed by atoms with E-state index in [0.717, 1.165) is 24.8 Å². The number of nitrogens with zero attached hydrogens (tertiary/aromatic N) is 2. The van der Waals surface area contributed by atoms with Gasteiger partial charge in [-0.15, -0.1) is 0 Å². The van der Waals surface area contributed by atoms with Crippen molar-refractivity contribution in [2.75, 3.05) is 26.7 Å². The number of hydrogen-bond acceptors (Lipinski definition) is 5. The Labute approximate surface area is 179 Å². The molecule has 1 heterocycles. The maximum Gasteiger partial charge on any atom is 0.247 e. The Hall–Kier alpha value is -1.90. The Morgan fingerprint density at radius 2 is 2.13 bits per heavy atom. The first-order valence-corrected chi connectivity index (χ1v) is 11.9. The minimum Gasteiger partial charge on any atom is -0.487 e. The van der Waals surface area contributed by atoms with Gasteiger partial charge in [0, 0.05) is 32.5 Å². The van der Waals surface area contributed by atoms with Crippen LogP contribution in [0.15, 0.2) is 29.2 Å². The summed E-state index contributed by atoms with van der Waals surface area (Å²) in [5.41, 5.74) is 2.17. The molecule has 1 amide bonds. The molecule has 7 nitrogen and oxygen atoms in total. The van der Waals surface area contributed by atoms with Crippen molar-refractivity contribution in [3.8, 4) is 5.75 Å². The summed E-state index contributed by atoms with van der Waals surface area (Å²) >= 11 is 0. The SMILES string of the molecule is CC(=O)N(C)C[C@H]1Oc2cc(C3=CCCC3)ccc2S(=O)(=O)N([C@@H](C)CO)C[C@@H]1C. The van der Waals surface area contributed by atoms with Crippen molar-refractivity contribution in [3.05, 3.63) is 29.8 Å². The van der Waals surface area contributed by atoms with Crippen LogP contribution in [0.25, 0.3) is 5.57 Å². The molecule has 1 aromatic rings. The molecular formula is C22H32N2O5S. The Bertz CT molecular complexity index is 927. The molecule has 1 aliphatic carbocycles. The van der Waals surface area contributed by atoms with Gasteiger partial charge in [-0.1, -0.05) is 19.1 Å². The molecule has 0 saturated carbocycles. The fourth-order valence-electron chi connectivity index (χ4n) is 3.97. The van der Waals surface area contributed by atoms with E-state index in [1.165, 1.54) is 16.8 Å². The van der Waals surface area contributed by atoms with E-state index >= 15 is 0 Å². The minimum absolute atomic E-state index is 0.0776. The lowest BCUT2D eigenvalue weighted by Crippen LogP contribution is -2.50. The molecule has 2 aliphatic rings. The van der Waals surface area contributed by atoms with E-state index in [9.17, 15) is 18.3 Å². The van der Waals surface area contributed by atoms with Crippen LogP contribution in [0.5, 0.6) is 5.75 Å². The highest BCUT2D eigenvalue weighted by Gasteiger charge is 2.38. The Morgan fingerprint density at radius 3 is 2.73 bits per heavy atom. The van der Waals surface area contributed by atoms with Crippen LogP contribution in [-0.4, -0.2) is 67.5 Å². The fourth-order valence-corrected chi connectivity index (χ4v) is 5.80. The van der Waals surface area contributed by atoms with Crippen LogP contribution in [0.1, 0.15) is 45.6 Å². The molecule has 0 aromatic heterocycles. The van der Waals surface area contributed by atoms with Gasteiger partial charge in [-0.3, -0.25) is 4.79 Å². The Kier molecular flexibility index (Phi) is 6.89. The van der Waals surface area contributed by atoms with Gasteiger partial charge in [-0.2, -0.15) is 4.31 Å². The van der Waals surface area contributed by atoms with Crippen LogP contribution in [-0.2, 0) is 14.8 Å². The van der Waals surface area contributed by atoms with Gasteiger partial charge >= 0.3 is 0 Å². The van der Waals surface area contributed by atoms with Gasteiger partial charge in [0.05, 0.1) is 13.2 Å². The van der Waals surface area contributed by atoms with Gasteiger partial charge in [0.1, 0.15) is 16.7 Å². The molecule has 0 bridgehead atoms. The van der Waals surface area contributed by atoms with Gasteiger partial charge in [0.2, 0.25) is 15.9 Å². The summed E-state index contributed by atoms with van der Waals surface area (Å²) in [6, 6.07) is 4.69. The standard InChI is InChI=1S/C22H32N2O5S/c1-15-12-24(16(2)14-25)30(27,28)22-10-9-19(18-7-5-6-8-18)11-20(22)29-21(15)13-23(4)17(3)26/h7,9-11,15-16,21,25H,5-6,8,12-14H2,1-4H3/t15-,16-,21+/m0/s1. The van der Waals surface area contributed by atoms with Crippen LogP contribution < -0.4 is 4.74 Å². The van der Waals surface area contributed by atoms with E-state index in [1.807, 2.05) is 19.1 Å². The number of carbonyl (C=O) groups is 1. The average molecular weight is 437 g/mol. The number of hydrogen-bond donors (Lipinski definition) is 1. The molecule has 3 atom stereocenters. The Balaban J connectivity index is 2.09. The Morgan fingerprint density at radius 1 is 1.40 bits per heavy atom. The van der Waals surface area contributed by atoms with Crippen LogP contribution in [0.3, 0.4) is 0 Å². The van der Waals surface area contributed by atoms with Gasteiger partial charge in [0.25, 0.3) is 0 Å². The smallest absolute Gasteiger partial charge is 0.247 e. The molecule has 166 valence electrons. The molecule has 0 fully saturated rings. The fraction of sp³-hybridized carbons (Fsp3) is 0.591. The van der Waals surface area contributed by atoms with Crippen molar-refractivity contribution in [2.45, 2.75) is 57.1 Å². The van der Waals surface area contributed by atoms with E-state index in [4.69, 9.17) is 4.74 Å². The highest BCUT2D eigenvalue weighted by molar-refractivity contribution is 7.89. The van der Waals surface area contributed by atoms with Crippen molar-refractivity contribution in [1.29, 1.82) is 0 Å². The summed E-state index contributed by atoms with van der Waals surface area (Å²) in [7, 11) is -2.14. The van der Waals surface area contributed by atoms with Gasteiger partial charge in [-0.25, -0.2) is 8.42 Å². The molecule has 1 aliphatic heterocycles. The molecule has 1 N–H and O–H groups in total. The zero-order valence-corrected chi connectivity index (χ0v) is 19.0. The number of aliphatic hydroxyl groups is 1. The zero-order chi connectivity index (χ0) is 22.1. The van der Waals surface area contributed by atoms with E-state index in [-0.39, 0.29) is 36.0 Å². The molecule has 8 heteroatoms. The summed E-state index contributed by atoms with van der Waals surface area (Å²) in [5.74, 6) is 0.0492. The van der Waals surface area contributed by atoms with Gasteiger partial charge in [0.15, 0.2) is 0 Å². The normalized spacial score (nSPS) is 24.8. The number of aliphatic hydroxyl groups excluding tert-OH is 1. The number of benzene rings is 1. The maximum absolute atomic E-state index is 13.4. The van der Waals surface area contributed by atoms with Crippen LogP contribution >= 0.6 is 0 Å². The first-order valence-electron chi connectivity index (χ1n) is 10.5. The molecule has 3 rings (SSSR count). The lowest BCUT2D eigenvalue weighted by molar-refractivity contribution is -0.129. The first-order chi connectivity index (χ1) is 14.1. The summed E-state index contributed by atoms with van der Waals surface area (Å²) < 4.78 is 34.5. The first kappa shape index (κ1) is 22.8. The summed E-state index contributed by atoms with van der Waals surface area (Å²) in [6.07, 6.45) is 4.89. The van der Waals surface area contributed by atoms with Crippen LogP contribution in [0.2, 0.25) is 0 Å². The number of carbonyl (C=O) groups excluding carboxylic acids is 1. The highest BCUT2D eigenvalue weighted by Crippen LogP contribution is 2.37. The van der Waals surface area contributed by atoms with Crippen molar-refractivity contribution in [3.63, 3.8) is 0 Å². The second kappa shape index (κ2) is 9.08. The predicted molar refractivity (Wildman–Crippen MR) is 116 cm³/mol. The maximum atomic E-state index is 13.4. The zero-order valence-electron chi connectivity index (χ0n) is 18.2. The van der Waals surface area contributed by atoms with Crippen LogP contribution in [0.4, 0.5) is 0 Å².